The molecule has 1 amide bonds. The van der Waals surface area contributed by atoms with Crippen molar-refractivity contribution < 1.29 is 23.9 Å². The van der Waals surface area contributed by atoms with E-state index in [0.29, 0.717) is 25.3 Å². The number of amides is 1. The van der Waals surface area contributed by atoms with Crippen molar-refractivity contribution in [2.45, 2.75) is 31.5 Å². The number of likely N-dealkylation sites (tertiary alicyclic amines) is 1. The number of carbonyl (C=O) groups excluding carboxylic acids is 1. The second-order valence-electron chi connectivity index (χ2n) is 9.41. The molecule has 198 valence electrons. The molecule has 11 heteroatoms. The summed E-state index contributed by atoms with van der Waals surface area (Å²) in [5.41, 5.74) is 3.90. The van der Waals surface area contributed by atoms with Gasteiger partial charge in [-0.3, -0.25) is 10.1 Å². The van der Waals surface area contributed by atoms with Crippen LogP contribution in [-0.2, 0) is 27.4 Å². The fraction of sp³-hybridized carbons (Fsp3) is 0.250. The van der Waals surface area contributed by atoms with Crippen LogP contribution in [0.3, 0.4) is 0 Å². The molecule has 0 unspecified atom stereocenters. The van der Waals surface area contributed by atoms with Gasteiger partial charge in [0.15, 0.2) is 0 Å². The van der Waals surface area contributed by atoms with E-state index in [-0.39, 0.29) is 30.6 Å². The van der Waals surface area contributed by atoms with Gasteiger partial charge in [-0.15, -0.1) is 5.10 Å². The van der Waals surface area contributed by atoms with Crippen molar-refractivity contribution in [3.63, 3.8) is 0 Å². The number of epoxide rings is 1. The van der Waals surface area contributed by atoms with Crippen molar-refractivity contribution >= 4 is 11.8 Å². The summed E-state index contributed by atoms with van der Waals surface area (Å²) in [6, 6.07) is 23.9. The number of piperidine rings is 1. The number of rotatable bonds is 8. The first-order chi connectivity index (χ1) is 19.0. The number of fused-ring (bicyclic) bond motifs is 1. The van der Waals surface area contributed by atoms with E-state index >= 15 is 0 Å². The molecular formula is C28H25N5O6. The standard InChI is InChI=1S/C28H25N5O6/c34-28(38-18-21-8-4-5-9-24(21)33(35)36)31-15-25(27-26(16-31)39-27)37-17-19-10-12-22(13-11-19)32-14-23(29-30-32)20-6-2-1-3-7-20/h1-14,25-27H,15-18H2/t25-,26-,27-/m1/s1. The summed E-state index contributed by atoms with van der Waals surface area (Å²) < 4.78 is 18.9. The lowest BCUT2D eigenvalue weighted by Gasteiger charge is -2.29. The van der Waals surface area contributed by atoms with E-state index in [1.54, 1.807) is 22.9 Å². The first-order valence-corrected chi connectivity index (χ1v) is 12.5. The lowest BCUT2D eigenvalue weighted by molar-refractivity contribution is -0.385. The molecule has 2 saturated heterocycles. The minimum Gasteiger partial charge on any atom is -0.444 e. The molecular weight excluding hydrogens is 502 g/mol. The number of para-hydroxylation sites is 1. The van der Waals surface area contributed by atoms with E-state index in [9.17, 15) is 14.9 Å². The molecule has 0 N–H and O–H groups in total. The molecule has 11 nitrogen and oxygen atoms in total. The van der Waals surface area contributed by atoms with E-state index < -0.39 is 11.0 Å². The average molecular weight is 528 g/mol. The minimum atomic E-state index is -0.553. The molecule has 0 radical (unpaired) electrons. The third kappa shape index (κ3) is 5.49. The number of benzene rings is 3. The lowest BCUT2D eigenvalue weighted by Crippen LogP contribution is -2.47. The summed E-state index contributed by atoms with van der Waals surface area (Å²) in [4.78, 5) is 25.0. The van der Waals surface area contributed by atoms with Gasteiger partial charge >= 0.3 is 6.09 Å². The van der Waals surface area contributed by atoms with Crippen molar-refractivity contribution in [2.24, 2.45) is 0 Å². The van der Waals surface area contributed by atoms with Crippen LogP contribution in [0.25, 0.3) is 16.9 Å². The molecule has 6 rings (SSSR count). The molecule has 2 fully saturated rings. The molecule has 2 aliphatic heterocycles. The first kappa shape index (κ1) is 24.7. The summed E-state index contributed by atoms with van der Waals surface area (Å²) in [7, 11) is 0. The normalized spacial score (nSPS) is 19.8. The number of nitro groups is 1. The number of ether oxygens (including phenoxy) is 3. The van der Waals surface area contributed by atoms with Crippen LogP contribution in [0.15, 0.2) is 85.1 Å². The summed E-state index contributed by atoms with van der Waals surface area (Å²) in [6.07, 6.45) is 0.872. The monoisotopic (exact) mass is 527 g/mol. The average Bonchev–Trinajstić information content (AvgIpc) is 3.60. The molecule has 0 aliphatic carbocycles. The fourth-order valence-corrected chi connectivity index (χ4v) is 4.66. The highest BCUT2D eigenvalue weighted by Gasteiger charge is 2.52. The Kier molecular flexibility index (Phi) is 6.74. The van der Waals surface area contributed by atoms with Crippen LogP contribution in [0.5, 0.6) is 0 Å². The van der Waals surface area contributed by atoms with Gasteiger partial charge in [-0.05, 0) is 23.8 Å². The third-order valence-corrected chi connectivity index (χ3v) is 6.81. The second kappa shape index (κ2) is 10.6. The lowest BCUT2D eigenvalue weighted by atomic mass is 10.1. The van der Waals surface area contributed by atoms with Gasteiger partial charge in [0.2, 0.25) is 0 Å². The Morgan fingerprint density at radius 1 is 1.00 bits per heavy atom. The van der Waals surface area contributed by atoms with Crippen LogP contribution >= 0.6 is 0 Å². The number of aromatic nitrogens is 3. The van der Waals surface area contributed by atoms with Crippen LogP contribution in [0.1, 0.15) is 11.1 Å². The number of carbonyl (C=O) groups is 1. The quantitative estimate of drug-likeness (QED) is 0.190. The number of hydrogen-bond donors (Lipinski definition) is 0. The van der Waals surface area contributed by atoms with E-state index in [1.807, 2.05) is 60.8 Å². The Bertz CT molecular complexity index is 1480. The van der Waals surface area contributed by atoms with Crippen molar-refractivity contribution in [2.75, 3.05) is 13.1 Å². The van der Waals surface area contributed by atoms with Gasteiger partial charge < -0.3 is 19.1 Å². The smallest absolute Gasteiger partial charge is 0.410 e. The summed E-state index contributed by atoms with van der Waals surface area (Å²) in [5.74, 6) is 0. The van der Waals surface area contributed by atoms with Crippen LogP contribution in [-0.4, -0.2) is 62.3 Å². The van der Waals surface area contributed by atoms with E-state index in [1.165, 1.54) is 11.0 Å². The molecule has 0 saturated carbocycles. The fourth-order valence-electron chi connectivity index (χ4n) is 4.66. The minimum absolute atomic E-state index is 0.0601. The molecule has 39 heavy (non-hydrogen) atoms. The number of hydrogen-bond acceptors (Lipinski definition) is 8. The van der Waals surface area contributed by atoms with Crippen molar-refractivity contribution in [1.29, 1.82) is 0 Å². The first-order valence-electron chi connectivity index (χ1n) is 12.5. The molecule has 3 aromatic carbocycles. The highest BCUT2D eigenvalue weighted by Crippen LogP contribution is 2.34. The second-order valence-corrected chi connectivity index (χ2v) is 9.41. The maximum Gasteiger partial charge on any atom is 0.410 e. The highest BCUT2D eigenvalue weighted by atomic mass is 16.6. The van der Waals surface area contributed by atoms with E-state index in [2.05, 4.69) is 10.3 Å². The zero-order valence-corrected chi connectivity index (χ0v) is 20.8. The Morgan fingerprint density at radius 3 is 2.56 bits per heavy atom. The predicted octanol–water partition coefficient (Wildman–Crippen LogP) is 4.15. The van der Waals surface area contributed by atoms with Gasteiger partial charge in [0.25, 0.3) is 5.69 Å². The van der Waals surface area contributed by atoms with E-state index in [4.69, 9.17) is 14.2 Å². The Balaban J connectivity index is 1.03. The molecule has 1 aromatic heterocycles. The van der Waals surface area contributed by atoms with Crippen molar-refractivity contribution in [1.82, 2.24) is 19.9 Å². The maximum absolute atomic E-state index is 12.7. The van der Waals surface area contributed by atoms with Crippen molar-refractivity contribution in [3.05, 3.63) is 106 Å². The van der Waals surface area contributed by atoms with Gasteiger partial charge in [0.05, 0.1) is 42.1 Å². The zero-order valence-electron chi connectivity index (χ0n) is 20.8. The molecule has 3 atom stereocenters. The summed E-state index contributed by atoms with van der Waals surface area (Å²) >= 11 is 0. The molecule has 4 aromatic rings. The predicted molar refractivity (Wildman–Crippen MR) is 139 cm³/mol. The Morgan fingerprint density at radius 2 is 1.77 bits per heavy atom. The highest BCUT2D eigenvalue weighted by molar-refractivity contribution is 5.68. The maximum atomic E-state index is 12.7. The number of nitrogens with zero attached hydrogens (tertiary/aromatic N) is 5. The number of nitro benzene ring substituents is 1. The Hall–Kier alpha value is -4.61. The topological polar surface area (TPSA) is 125 Å². The van der Waals surface area contributed by atoms with Crippen LogP contribution in [0.4, 0.5) is 10.5 Å². The van der Waals surface area contributed by atoms with Gasteiger partial charge in [0, 0.05) is 11.6 Å². The van der Waals surface area contributed by atoms with Gasteiger partial charge in [-0.2, -0.15) is 0 Å². The third-order valence-electron chi connectivity index (χ3n) is 6.81. The van der Waals surface area contributed by atoms with Crippen LogP contribution in [0.2, 0.25) is 0 Å². The van der Waals surface area contributed by atoms with E-state index in [0.717, 1.165) is 22.5 Å². The summed E-state index contributed by atoms with van der Waals surface area (Å²) in [5, 5.41) is 19.7. The van der Waals surface area contributed by atoms with Crippen molar-refractivity contribution in [3.8, 4) is 16.9 Å². The molecule has 2 aliphatic rings. The summed E-state index contributed by atoms with van der Waals surface area (Å²) in [6.45, 7) is 0.884. The zero-order chi connectivity index (χ0) is 26.8. The van der Waals surface area contributed by atoms with Gasteiger partial charge in [0.1, 0.15) is 30.6 Å². The van der Waals surface area contributed by atoms with Gasteiger partial charge in [-0.25, -0.2) is 9.48 Å². The van der Waals surface area contributed by atoms with Crippen LogP contribution < -0.4 is 0 Å². The van der Waals surface area contributed by atoms with Crippen LogP contribution in [0, 0.1) is 10.1 Å². The Labute approximate surface area is 223 Å². The SMILES string of the molecule is O=C(OCc1ccccc1[N+](=O)[O-])N1C[C@@H](OCc2ccc(-n3cc(-c4ccccc4)nn3)cc2)[C@H]2O[C@@H]2C1. The molecule has 3 heterocycles. The largest absolute Gasteiger partial charge is 0.444 e. The molecule has 0 spiro atoms. The van der Waals surface area contributed by atoms with Gasteiger partial charge in [-0.1, -0.05) is 59.8 Å². The molecule has 0 bridgehead atoms.